The van der Waals surface area contributed by atoms with Crippen molar-refractivity contribution in [3.63, 3.8) is 0 Å². The molecular formula is C10H12I2N2. The molecule has 0 heterocycles. The molecule has 0 saturated heterocycles. The zero-order valence-electron chi connectivity index (χ0n) is 7.66. The van der Waals surface area contributed by atoms with Crippen LogP contribution in [0.25, 0.3) is 0 Å². The van der Waals surface area contributed by atoms with Crippen LogP contribution in [0.15, 0.2) is 35.4 Å². The van der Waals surface area contributed by atoms with E-state index in [-0.39, 0.29) is 0 Å². The average molecular weight is 414 g/mol. The second-order valence-corrected chi connectivity index (χ2v) is 5.42. The number of anilines is 1. The predicted molar refractivity (Wildman–Crippen MR) is 79.9 cm³/mol. The number of para-hydroxylation sites is 1. The Morgan fingerprint density at radius 3 is 2.71 bits per heavy atom. The molecule has 1 N–H and O–H groups in total. The van der Waals surface area contributed by atoms with Crippen molar-refractivity contribution in [1.82, 2.24) is 0 Å². The lowest BCUT2D eigenvalue weighted by Gasteiger charge is -2.00. The summed E-state index contributed by atoms with van der Waals surface area (Å²) in [5.41, 5.74) is 4.02. The summed E-state index contributed by atoms with van der Waals surface area (Å²) in [6.45, 7) is 0. The van der Waals surface area contributed by atoms with Gasteiger partial charge in [0.05, 0.1) is 5.69 Å². The molecule has 0 spiro atoms. The van der Waals surface area contributed by atoms with Crippen molar-refractivity contribution >= 4 is 57.1 Å². The molecule has 1 unspecified atom stereocenters. The molecule has 0 aromatic heterocycles. The fourth-order valence-electron chi connectivity index (χ4n) is 0.863. The van der Waals surface area contributed by atoms with Crippen molar-refractivity contribution in [3.05, 3.63) is 30.3 Å². The van der Waals surface area contributed by atoms with Gasteiger partial charge in [-0.25, -0.2) is 0 Å². The standard InChI is InChI=1S/C10H12I2N2/c11-8-9(12)6-7-13-14-10-4-2-1-3-5-10/h1-5,7,9,14H,6,8H2. The van der Waals surface area contributed by atoms with Gasteiger partial charge in [-0.05, 0) is 18.6 Å². The van der Waals surface area contributed by atoms with Gasteiger partial charge in [0.1, 0.15) is 0 Å². The van der Waals surface area contributed by atoms with Crippen LogP contribution >= 0.6 is 45.2 Å². The van der Waals surface area contributed by atoms with E-state index in [1.54, 1.807) is 0 Å². The second-order valence-electron chi connectivity index (χ2n) is 2.78. The van der Waals surface area contributed by atoms with Gasteiger partial charge in [0.25, 0.3) is 0 Å². The number of nitrogens with zero attached hydrogens (tertiary/aromatic N) is 1. The van der Waals surface area contributed by atoms with Gasteiger partial charge in [0, 0.05) is 14.6 Å². The maximum atomic E-state index is 4.15. The third kappa shape index (κ3) is 5.14. The molecular weight excluding hydrogens is 402 g/mol. The van der Waals surface area contributed by atoms with Gasteiger partial charge in [0.15, 0.2) is 0 Å². The van der Waals surface area contributed by atoms with Gasteiger partial charge in [-0.1, -0.05) is 63.4 Å². The van der Waals surface area contributed by atoms with E-state index in [0.717, 1.165) is 16.5 Å². The van der Waals surface area contributed by atoms with E-state index in [4.69, 9.17) is 0 Å². The average Bonchev–Trinajstić information content (AvgIpc) is 2.25. The lowest BCUT2D eigenvalue weighted by Crippen LogP contribution is -1.99. The third-order valence-corrected chi connectivity index (χ3v) is 5.28. The van der Waals surface area contributed by atoms with Crippen LogP contribution in [0, 0.1) is 0 Å². The summed E-state index contributed by atoms with van der Waals surface area (Å²) < 4.78 is 1.84. The highest BCUT2D eigenvalue weighted by molar-refractivity contribution is 14.1. The van der Waals surface area contributed by atoms with Crippen molar-refractivity contribution in [1.29, 1.82) is 0 Å². The topological polar surface area (TPSA) is 24.4 Å². The molecule has 0 aliphatic heterocycles. The maximum Gasteiger partial charge on any atom is 0.0561 e. The molecule has 1 aromatic rings. The Kier molecular flexibility index (Phi) is 6.50. The van der Waals surface area contributed by atoms with Crippen LogP contribution in [-0.2, 0) is 0 Å². The molecule has 14 heavy (non-hydrogen) atoms. The van der Waals surface area contributed by atoms with Crippen molar-refractivity contribution in [3.8, 4) is 0 Å². The molecule has 2 nitrogen and oxygen atoms in total. The number of alkyl halides is 2. The third-order valence-electron chi connectivity index (χ3n) is 1.59. The largest absolute Gasteiger partial charge is 0.279 e. The Hall–Kier alpha value is 0.150. The number of hydrogen-bond donors (Lipinski definition) is 1. The summed E-state index contributed by atoms with van der Waals surface area (Å²) in [5.74, 6) is 0. The highest BCUT2D eigenvalue weighted by Crippen LogP contribution is 2.08. The molecule has 0 bridgehead atoms. The van der Waals surface area contributed by atoms with Crippen LogP contribution in [0.5, 0.6) is 0 Å². The molecule has 0 radical (unpaired) electrons. The Balaban J connectivity index is 2.27. The Morgan fingerprint density at radius 1 is 1.36 bits per heavy atom. The van der Waals surface area contributed by atoms with Crippen LogP contribution in [0.4, 0.5) is 5.69 Å². The first-order valence-corrected chi connectivity index (χ1v) is 7.12. The fraction of sp³-hybridized carbons (Fsp3) is 0.300. The first kappa shape index (κ1) is 12.2. The molecule has 4 heteroatoms. The molecule has 1 aromatic carbocycles. The normalized spacial score (nSPS) is 13.0. The summed E-state index contributed by atoms with van der Waals surface area (Å²) >= 11 is 4.82. The number of hydrazone groups is 1. The van der Waals surface area contributed by atoms with Gasteiger partial charge in [-0.2, -0.15) is 5.10 Å². The number of nitrogens with one attached hydrogen (secondary N) is 1. The fourth-order valence-corrected chi connectivity index (χ4v) is 1.45. The first-order valence-electron chi connectivity index (χ1n) is 4.35. The summed E-state index contributed by atoms with van der Waals surface area (Å²) in [5, 5.41) is 4.15. The monoisotopic (exact) mass is 414 g/mol. The number of halogens is 2. The van der Waals surface area contributed by atoms with Crippen LogP contribution in [0.3, 0.4) is 0 Å². The van der Waals surface area contributed by atoms with E-state index < -0.39 is 0 Å². The van der Waals surface area contributed by atoms with E-state index in [2.05, 4.69) is 55.7 Å². The Labute approximate surface area is 112 Å². The van der Waals surface area contributed by atoms with E-state index in [9.17, 15) is 0 Å². The van der Waals surface area contributed by atoms with Gasteiger partial charge >= 0.3 is 0 Å². The zero-order valence-corrected chi connectivity index (χ0v) is 12.0. The molecule has 0 aliphatic carbocycles. The molecule has 0 aliphatic rings. The highest BCUT2D eigenvalue weighted by atomic mass is 127. The van der Waals surface area contributed by atoms with Crippen LogP contribution in [0.1, 0.15) is 6.42 Å². The quantitative estimate of drug-likeness (QED) is 0.338. The number of hydrogen-bond acceptors (Lipinski definition) is 2. The smallest absolute Gasteiger partial charge is 0.0561 e. The Morgan fingerprint density at radius 2 is 2.07 bits per heavy atom. The zero-order chi connectivity index (χ0) is 10.2. The molecule has 0 amide bonds. The number of rotatable bonds is 5. The van der Waals surface area contributed by atoms with E-state index in [0.29, 0.717) is 3.92 Å². The first-order chi connectivity index (χ1) is 6.83. The summed E-state index contributed by atoms with van der Waals surface area (Å²) in [6, 6.07) is 9.97. The SMILES string of the molecule is ICC(I)CC=NNc1ccccc1. The highest BCUT2D eigenvalue weighted by Gasteiger charge is 1.96. The van der Waals surface area contributed by atoms with Crippen molar-refractivity contribution in [2.45, 2.75) is 10.3 Å². The summed E-state index contributed by atoms with van der Waals surface area (Å²) in [4.78, 5) is 0. The minimum atomic E-state index is 0.675. The minimum Gasteiger partial charge on any atom is -0.279 e. The second kappa shape index (κ2) is 7.44. The van der Waals surface area contributed by atoms with Gasteiger partial charge in [-0.3, -0.25) is 5.43 Å². The van der Waals surface area contributed by atoms with Gasteiger partial charge in [-0.15, -0.1) is 0 Å². The lowest BCUT2D eigenvalue weighted by atomic mass is 10.3. The van der Waals surface area contributed by atoms with E-state index >= 15 is 0 Å². The van der Waals surface area contributed by atoms with Crippen LogP contribution in [0.2, 0.25) is 0 Å². The van der Waals surface area contributed by atoms with Crippen LogP contribution < -0.4 is 5.43 Å². The maximum absolute atomic E-state index is 4.15. The molecule has 1 rings (SSSR count). The summed E-state index contributed by atoms with van der Waals surface area (Å²) in [7, 11) is 0. The number of benzene rings is 1. The minimum absolute atomic E-state index is 0.675. The molecule has 0 fully saturated rings. The predicted octanol–water partition coefficient (Wildman–Crippen LogP) is 3.71. The molecule has 1 atom stereocenters. The molecule has 76 valence electrons. The van der Waals surface area contributed by atoms with Gasteiger partial charge < -0.3 is 0 Å². The van der Waals surface area contributed by atoms with Crippen molar-refractivity contribution < 1.29 is 0 Å². The lowest BCUT2D eigenvalue weighted by molar-refractivity contribution is 1.10. The summed E-state index contributed by atoms with van der Waals surface area (Å²) in [6.07, 6.45) is 2.95. The Bertz CT molecular complexity index is 275. The van der Waals surface area contributed by atoms with Gasteiger partial charge in [0.2, 0.25) is 0 Å². The van der Waals surface area contributed by atoms with Crippen molar-refractivity contribution in [2.75, 3.05) is 9.85 Å². The van der Waals surface area contributed by atoms with Crippen LogP contribution in [-0.4, -0.2) is 14.6 Å². The molecule has 0 saturated carbocycles. The van der Waals surface area contributed by atoms with E-state index in [1.807, 2.05) is 36.5 Å². The van der Waals surface area contributed by atoms with Crippen molar-refractivity contribution in [2.24, 2.45) is 5.10 Å². The van der Waals surface area contributed by atoms with E-state index in [1.165, 1.54) is 0 Å².